The first-order valence-corrected chi connectivity index (χ1v) is 5.36. The van der Waals surface area contributed by atoms with E-state index in [0.29, 0.717) is 6.04 Å². The van der Waals surface area contributed by atoms with Gasteiger partial charge in [-0.05, 0) is 25.7 Å². The Bertz CT molecular complexity index is 226. The van der Waals surface area contributed by atoms with Crippen molar-refractivity contribution in [2.75, 3.05) is 0 Å². The van der Waals surface area contributed by atoms with Gasteiger partial charge in [0.05, 0.1) is 0 Å². The van der Waals surface area contributed by atoms with Crippen molar-refractivity contribution in [1.29, 1.82) is 0 Å². The zero-order chi connectivity index (χ0) is 9.10. The van der Waals surface area contributed by atoms with Crippen molar-refractivity contribution in [3.8, 4) is 0 Å². The molecule has 0 aromatic rings. The molecule has 1 saturated carbocycles. The molecule has 1 N–H and O–H groups in total. The lowest BCUT2D eigenvalue weighted by molar-refractivity contribution is -0.118. The number of rotatable bonds is 2. The Morgan fingerprint density at radius 1 is 1.31 bits per heavy atom. The summed E-state index contributed by atoms with van der Waals surface area (Å²) in [6.07, 6.45) is 10.4. The van der Waals surface area contributed by atoms with E-state index in [9.17, 15) is 4.79 Å². The zero-order valence-corrected chi connectivity index (χ0v) is 8.01. The van der Waals surface area contributed by atoms with Crippen LogP contribution < -0.4 is 5.32 Å². The summed E-state index contributed by atoms with van der Waals surface area (Å²) in [5.74, 6) is 0.193. The van der Waals surface area contributed by atoms with E-state index in [1.54, 1.807) is 0 Å². The SMILES string of the molecule is O=C(NC1CCCCC1)C1=CCC1. The van der Waals surface area contributed by atoms with Crippen LogP contribution in [-0.4, -0.2) is 11.9 Å². The molecule has 0 unspecified atom stereocenters. The number of carbonyl (C=O) groups excluding carboxylic acids is 1. The highest BCUT2D eigenvalue weighted by Crippen LogP contribution is 2.21. The molecule has 72 valence electrons. The molecule has 0 radical (unpaired) electrons. The second kappa shape index (κ2) is 3.95. The fraction of sp³-hybridized carbons (Fsp3) is 0.727. The maximum atomic E-state index is 11.5. The highest BCUT2D eigenvalue weighted by Gasteiger charge is 2.19. The monoisotopic (exact) mass is 179 g/mol. The van der Waals surface area contributed by atoms with Crippen LogP contribution in [0.15, 0.2) is 11.6 Å². The number of amides is 1. The van der Waals surface area contributed by atoms with Crippen molar-refractivity contribution in [3.63, 3.8) is 0 Å². The fourth-order valence-corrected chi connectivity index (χ4v) is 2.02. The van der Waals surface area contributed by atoms with Gasteiger partial charge in [0.1, 0.15) is 0 Å². The molecule has 13 heavy (non-hydrogen) atoms. The first-order valence-electron chi connectivity index (χ1n) is 5.36. The van der Waals surface area contributed by atoms with Gasteiger partial charge in [0, 0.05) is 11.6 Å². The fourth-order valence-electron chi connectivity index (χ4n) is 2.02. The highest BCUT2D eigenvalue weighted by atomic mass is 16.1. The van der Waals surface area contributed by atoms with Crippen LogP contribution in [0, 0.1) is 0 Å². The Morgan fingerprint density at radius 2 is 2.00 bits per heavy atom. The summed E-state index contributed by atoms with van der Waals surface area (Å²) in [6, 6.07) is 0.461. The lowest BCUT2D eigenvalue weighted by atomic mass is 9.93. The van der Waals surface area contributed by atoms with Crippen LogP contribution >= 0.6 is 0 Å². The van der Waals surface area contributed by atoms with E-state index in [1.807, 2.05) is 6.08 Å². The van der Waals surface area contributed by atoms with Crippen LogP contribution in [0.2, 0.25) is 0 Å². The molecule has 0 atom stereocenters. The maximum Gasteiger partial charge on any atom is 0.247 e. The molecule has 2 rings (SSSR count). The van der Waals surface area contributed by atoms with E-state index in [-0.39, 0.29) is 5.91 Å². The molecule has 2 aliphatic rings. The van der Waals surface area contributed by atoms with Gasteiger partial charge in [0.2, 0.25) is 5.91 Å². The van der Waals surface area contributed by atoms with Gasteiger partial charge in [-0.3, -0.25) is 4.79 Å². The van der Waals surface area contributed by atoms with E-state index >= 15 is 0 Å². The summed E-state index contributed by atoms with van der Waals surface area (Å²) in [7, 11) is 0. The summed E-state index contributed by atoms with van der Waals surface area (Å²) in [5, 5.41) is 3.11. The minimum absolute atomic E-state index is 0.193. The Kier molecular flexibility index (Phi) is 2.67. The van der Waals surface area contributed by atoms with E-state index in [0.717, 1.165) is 18.4 Å². The summed E-state index contributed by atoms with van der Waals surface area (Å²) >= 11 is 0. The molecule has 1 amide bonds. The van der Waals surface area contributed by atoms with Crippen molar-refractivity contribution in [3.05, 3.63) is 11.6 Å². The number of hydrogen-bond donors (Lipinski definition) is 1. The molecule has 0 bridgehead atoms. The highest BCUT2D eigenvalue weighted by molar-refractivity contribution is 5.94. The molecule has 0 aromatic carbocycles. The number of carbonyl (C=O) groups is 1. The average Bonchev–Trinajstić information content (AvgIpc) is 2.02. The molecule has 2 heteroatoms. The predicted octanol–water partition coefficient (Wildman–Crippen LogP) is 2.16. The van der Waals surface area contributed by atoms with Crippen LogP contribution in [0.4, 0.5) is 0 Å². The van der Waals surface area contributed by atoms with Crippen molar-refractivity contribution < 1.29 is 4.79 Å². The van der Waals surface area contributed by atoms with Gasteiger partial charge in [-0.2, -0.15) is 0 Å². The van der Waals surface area contributed by atoms with Crippen LogP contribution in [0.3, 0.4) is 0 Å². The van der Waals surface area contributed by atoms with Crippen molar-refractivity contribution in [2.24, 2.45) is 0 Å². The topological polar surface area (TPSA) is 29.1 Å². The van der Waals surface area contributed by atoms with Gasteiger partial charge < -0.3 is 5.32 Å². The molecule has 0 saturated heterocycles. The van der Waals surface area contributed by atoms with Gasteiger partial charge in [-0.25, -0.2) is 0 Å². The van der Waals surface area contributed by atoms with Crippen LogP contribution in [0.5, 0.6) is 0 Å². The largest absolute Gasteiger partial charge is 0.350 e. The first kappa shape index (κ1) is 8.79. The van der Waals surface area contributed by atoms with E-state index < -0.39 is 0 Å². The third kappa shape index (κ3) is 2.11. The van der Waals surface area contributed by atoms with Crippen LogP contribution in [-0.2, 0) is 4.79 Å². The maximum absolute atomic E-state index is 11.5. The number of nitrogens with one attached hydrogen (secondary N) is 1. The van der Waals surface area contributed by atoms with Crippen molar-refractivity contribution >= 4 is 5.91 Å². The van der Waals surface area contributed by atoms with Crippen molar-refractivity contribution in [1.82, 2.24) is 5.32 Å². The molecule has 0 heterocycles. The second-order valence-corrected chi connectivity index (χ2v) is 4.08. The molecular formula is C11H17NO. The standard InChI is InChI=1S/C11H17NO/c13-11(9-5-4-6-9)12-10-7-2-1-3-8-10/h5,10H,1-4,6-8H2,(H,12,13). The summed E-state index contributed by atoms with van der Waals surface area (Å²) in [6.45, 7) is 0. The molecule has 0 aliphatic heterocycles. The molecule has 0 aromatic heterocycles. The number of hydrogen-bond acceptors (Lipinski definition) is 1. The quantitative estimate of drug-likeness (QED) is 0.691. The van der Waals surface area contributed by atoms with Crippen molar-refractivity contribution in [2.45, 2.75) is 51.0 Å². The lowest BCUT2D eigenvalue weighted by Gasteiger charge is -2.24. The average molecular weight is 179 g/mol. The summed E-state index contributed by atoms with van der Waals surface area (Å²) in [5.41, 5.74) is 1.01. The Labute approximate surface area is 79.4 Å². The third-order valence-electron chi connectivity index (χ3n) is 3.04. The van der Waals surface area contributed by atoms with Gasteiger partial charge in [0.15, 0.2) is 0 Å². The first-order chi connectivity index (χ1) is 6.36. The zero-order valence-electron chi connectivity index (χ0n) is 8.01. The normalized spacial score (nSPS) is 23.2. The second-order valence-electron chi connectivity index (χ2n) is 4.08. The summed E-state index contributed by atoms with van der Waals surface area (Å²) in [4.78, 5) is 11.5. The molecular weight excluding hydrogens is 162 g/mol. The van der Waals surface area contributed by atoms with Gasteiger partial charge in [-0.1, -0.05) is 25.3 Å². The Balaban J connectivity index is 1.79. The van der Waals surface area contributed by atoms with Gasteiger partial charge in [-0.15, -0.1) is 0 Å². The van der Waals surface area contributed by atoms with Crippen LogP contribution in [0.25, 0.3) is 0 Å². The molecule has 1 fully saturated rings. The molecule has 2 aliphatic carbocycles. The van der Waals surface area contributed by atoms with Gasteiger partial charge >= 0.3 is 0 Å². The van der Waals surface area contributed by atoms with Crippen LogP contribution in [0.1, 0.15) is 44.9 Å². The Hall–Kier alpha value is -0.790. The van der Waals surface area contributed by atoms with E-state index in [4.69, 9.17) is 0 Å². The summed E-state index contributed by atoms with van der Waals surface area (Å²) < 4.78 is 0. The minimum Gasteiger partial charge on any atom is -0.350 e. The van der Waals surface area contributed by atoms with E-state index in [2.05, 4.69) is 5.32 Å². The Morgan fingerprint density at radius 3 is 2.54 bits per heavy atom. The van der Waals surface area contributed by atoms with Gasteiger partial charge in [0.25, 0.3) is 0 Å². The predicted molar refractivity (Wildman–Crippen MR) is 52.3 cm³/mol. The smallest absolute Gasteiger partial charge is 0.247 e. The molecule has 2 nitrogen and oxygen atoms in total. The molecule has 0 spiro atoms. The lowest BCUT2D eigenvalue weighted by Crippen LogP contribution is -2.37. The minimum atomic E-state index is 0.193. The number of allylic oxidation sites excluding steroid dienone is 1. The third-order valence-corrected chi connectivity index (χ3v) is 3.04. The van der Waals surface area contributed by atoms with E-state index in [1.165, 1.54) is 32.1 Å².